The molecule has 0 aromatic carbocycles. The summed E-state index contributed by atoms with van der Waals surface area (Å²) in [5.41, 5.74) is 2.68. The zero-order valence-corrected chi connectivity index (χ0v) is 16.9. The van der Waals surface area contributed by atoms with E-state index in [9.17, 15) is 5.26 Å². The maximum absolute atomic E-state index is 9.62. The summed E-state index contributed by atoms with van der Waals surface area (Å²) in [6.07, 6.45) is 7.35. The Kier molecular flexibility index (Phi) is 6.12. The van der Waals surface area contributed by atoms with E-state index in [-0.39, 0.29) is 0 Å². The molecule has 6 nitrogen and oxygen atoms in total. The van der Waals surface area contributed by atoms with Gasteiger partial charge in [0, 0.05) is 43.6 Å². The smallest absolute Gasteiger partial charge is 0.147 e. The topological polar surface area (TPSA) is 61.0 Å². The summed E-state index contributed by atoms with van der Waals surface area (Å²) in [5.74, 6) is 2.38. The van der Waals surface area contributed by atoms with Gasteiger partial charge in [-0.05, 0) is 65.4 Å². The number of pyridine rings is 1. The fourth-order valence-corrected chi connectivity index (χ4v) is 3.99. The van der Waals surface area contributed by atoms with Gasteiger partial charge in [0.15, 0.2) is 0 Å². The Labute approximate surface area is 162 Å². The molecule has 0 N–H and O–H groups in total. The highest BCUT2D eigenvalue weighted by Gasteiger charge is 2.27. The van der Waals surface area contributed by atoms with E-state index in [1.807, 2.05) is 26.1 Å². The van der Waals surface area contributed by atoms with Crippen LogP contribution in [0.15, 0.2) is 18.5 Å². The number of piperidine rings is 1. The summed E-state index contributed by atoms with van der Waals surface area (Å²) in [7, 11) is 4.22. The SMILES string of the molecule is Cc1cc(C)c(C#N)c(N2CCC[C@@H](c3nccn3CCCN(C)C)C2)n1. The third-order valence-electron chi connectivity index (χ3n) is 5.28. The summed E-state index contributed by atoms with van der Waals surface area (Å²) >= 11 is 0. The Morgan fingerprint density at radius 2 is 2.15 bits per heavy atom. The van der Waals surface area contributed by atoms with Crippen LogP contribution in [0, 0.1) is 25.2 Å². The van der Waals surface area contributed by atoms with Gasteiger partial charge in [-0.3, -0.25) is 0 Å². The van der Waals surface area contributed by atoms with Crippen LogP contribution in [0.2, 0.25) is 0 Å². The van der Waals surface area contributed by atoms with E-state index in [1.54, 1.807) is 0 Å². The van der Waals surface area contributed by atoms with Crippen molar-refractivity contribution in [3.8, 4) is 6.07 Å². The van der Waals surface area contributed by atoms with E-state index in [0.717, 1.165) is 62.5 Å². The van der Waals surface area contributed by atoms with Gasteiger partial charge < -0.3 is 14.4 Å². The van der Waals surface area contributed by atoms with E-state index in [1.165, 1.54) is 5.82 Å². The molecular formula is C21H30N6. The fraction of sp³-hybridized carbons (Fsp3) is 0.571. The molecule has 1 fully saturated rings. The lowest BCUT2D eigenvalue weighted by atomic mass is 9.96. The predicted octanol–water partition coefficient (Wildman–Crippen LogP) is 3.10. The second-order valence-corrected chi connectivity index (χ2v) is 7.81. The Bertz CT molecular complexity index is 817. The third-order valence-corrected chi connectivity index (χ3v) is 5.28. The van der Waals surface area contributed by atoms with Gasteiger partial charge in [0.25, 0.3) is 0 Å². The first-order valence-corrected chi connectivity index (χ1v) is 9.78. The van der Waals surface area contributed by atoms with Crippen molar-refractivity contribution in [3.63, 3.8) is 0 Å². The number of nitriles is 1. The number of hydrogen-bond acceptors (Lipinski definition) is 5. The van der Waals surface area contributed by atoms with Gasteiger partial charge in [0.2, 0.25) is 0 Å². The van der Waals surface area contributed by atoms with Gasteiger partial charge in [-0.15, -0.1) is 0 Å². The van der Waals surface area contributed by atoms with E-state index < -0.39 is 0 Å². The molecule has 0 amide bonds. The number of imidazole rings is 1. The minimum absolute atomic E-state index is 0.377. The zero-order valence-electron chi connectivity index (χ0n) is 16.9. The molecule has 3 rings (SSSR count). The average Bonchev–Trinajstić information content (AvgIpc) is 3.09. The molecule has 1 atom stereocenters. The molecule has 2 aromatic rings. The highest BCUT2D eigenvalue weighted by molar-refractivity contribution is 5.58. The molecule has 0 bridgehead atoms. The van der Waals surface area contributed by atoms with E-state index in [4.69, 9.17) is 4.98 Å². The van der Waals surface area contributed by atoms with Crippen LogP contribution in [0.4, 0.5) is 5.82 Å². The molecule has 27 heavy (non-hydrogen) atoms. The summed E-state index contributed by atoms with van der Waals surface area (Å²) in [6, 6.07) is 4.35. The van der Waals surface area contributed by atoms with Crippen LogP contribution in [0.1, 0.15) is 47.8 Å². The van der Waals surface area contributed by atoms with E-state index in [2.05, 4.69) is 45.7 Å². The van der Waals surface area contributed by atoms with Crippen molar-refractivity contribution in [2.24, 2.45) is 0 Å². The first kappa shape index (κ1) is 19.4. The Morgan fingerprint density at radius 3 is 2.89 bits per heavy atom. The number of aromatic nitrogens is 3. The van der Waals surface area contributed by atoms with E-state index >= 15 is 0 Å². The van der Waals surface area contributed by atoms with Crippen LogP contribution in [0.3, 0.4) is 0 Å². The van der Waals surface area contributed by atoms with Gasteiger partial charge in [-0.2, -0.15) is 5.26 Å². The lowest BCUT2D eigenvalue weighted by molar-refractivity contribution is 0.380. The maximum Gasteiger partial charge on any atom is 0.147 e. The average molecular weight is 367 g/mol. The molecule has 0 saturated carbocycles. The van der Waals surface area contributed by atoms with Gasteiger partial charge in [0.05, 0.1) is 5.56 Å². The highest BCUT2D eigenvalue weighted by Crippen LogP contribution is 2.31. The van der Waals surface area contributed by atoms with Crippen LogP contribution in [0.5, 0.6) is 0 Å². The molecule has 0 spiro atoms. The van der Waals surface area contributed by atoms with Gasteiger partial charge in [0.1, 0.15) is 17.7 Å². The quantitative estimate of drug-likeness (QED) is 0.786. The molecule has 144 valence electrons. The summed E-state index contributed by atoms with van der Waals surface area (Å²) in [5, 5.41) is 9.62. The van der Waals surface area contributed by atoms with Crippen LogP contribution in [-0.2, 0) is 6.54 Å². The minimum atomic E-state index is 0.377. The number of rotatable bonds is 6. The number of anilines is 1. The number of nitrogens with zero attached hydrogens (tertiary/aromatic N) is 6. The third kappa shape index (κ3) is 4.48. The normalized spacial score (nSPS) is 17.3. The van der Waals surface area contributed by atoms with Crippen molar-refractivity contribution >= 4 is 5.82 Å². The van der Waals surface area contributed by atoms with Crippen LogP contribution in [-0.4, -0.2) is 53.2 Å². The molecule has 2 aromatic heterocycles. The molecule has 1 aliphatic heterocycles. The second kappa shape index (κ2) is 8.53. The van der Waals surface area contributed by atoms with Gasteiger partial charge in [-0.25, -0.2) is 9.97 Å². The van der Waals surface area contributed by atoms with Crippen molar-refractivity contribution in [2.75, 3.05) is 38.6 Å². The van der Waals surface area contributed by atoms with Crippen molar-refractivity contribution in [1.29, 1.82) is 5.26 Å². The summed E-state index contributed by atoms with van der Waals surface area (Å²) in [6.45, 7) is 7.88. The zero-order chi connectivity index (χ0) is 19.4. The van der Waals surface area contributed by atoms with Crippen LogP contribution < -0.4 is 4.90 Å². The molecule has 0 radical (unpaired) electrons. The van der Waals surface area contributed by atoms with Crippen molar-refractivity contribution < 1.29 is 0 Å². The van der Waals surface area contributed by atoms with Crippen LogP contribution >= 0.6 is 0 Å². The largest absolute Gasteiger partial charge is 0.355 e. The standard InChI is InChI=1S/C21H30N6/c1-16-13-17(2)24-21(19(16)14-22)27-10-5-7-18(15-27)20-23-8-12-26(20)11-6-9-25(3)4/h8,12-13,18H,5-7,9-11,15H2,1-4H3/t18-/m1/s1. The monoisotopic (exact) mass is 366 g/mol. The highest BCUT2D eigenvalue weighted by atomic mass is 15.2. The predicted molar refractivity (Wildman–Crippen MR) is 108 cm³/mol. The molecule has 0 aliphatic carbocycles. The van der Waals surface area contributed by atoms with Crippen molar-refractivity contribution in [1.82, 2.24) is 19.4 Å². The summed E-state index contributed by atoms with van der Waals surface area (Å²) in [4.78, 5) is 13.9. The lowest BCUT2D eigenvalue weighted by Gasteiger charge is -2.34. The minimum Gasteiger partial charge on any atom is -0.355 e. The van der Waals surface area contributed by atoms with Crippen LogP contribution in [0.25, 0.3) is 0 Å². The Hall–Kier alpha value is -2.39. The first-order valence-electron chi connectivity index (χ1n) is 9.78. The molecule has 0 unspecified atom stereocenters. The molecule has 6 heteroatoms. The lowest BCUT2D eigenvalue weighted by Crippen LogP contribution is -2.36. The fourth-order valence-electron chi connectivity index (χ4n) is 3.99. The van der Waals surface area contributed by atoms with Gasteiger partial charge >= 0.3 is 0 Å². The molecule has 1 saturated heterocycles. The number of hydrogen-bond donors (Lipinski definition) is 0. The van der Waals surface area contributed by atoms with Crippen molar-refractivity contribution in [2.45, 2.75) is 45.6 Å². The van der Waals surface area contributed by atoms with Gasteiger partial charge in [-0.1, -0.05) is 0 Å². The molecule has 3 heterocycles. The number of aryl methyl sites for hydroxylation is 3. The second-order valence-electron chi connectivity index (χ2n) is 7.81. The Morgan fingerprint density at radius 1 is 1.33 bits per heavy atom. The first-order chi connectivity index (χ1) is 13.0. The molecular weight excluding hydrogens is 336 g/mol. The van der Waals surface area contributed by atoms with Crippen molar-refractivity contribution in [3.05, 3.63) is 41.1 Å². The molecule has 1 aliphatic rings. The Balaban J connectivity index is 1.78. The summed E-state index contributed by atoms with van der Waals surface area (Å²) < 4.78 is 2.30. The van der Waals surface area contributed by atoms with E-state index in [0.29, 0.717) is 11.5 Å². The maximum atomic E-state index is 9.62.